The molecule has 0 aromatic heterocycles. The molecule has 0 aliphatic heterocycles. The van der Waals surface area contributed by atoms with Gasteiger partial charge in [0.1, 0.15) is 0 Å². The average molecular weight is 285 g/mol. The molecule has 0 amide bonds. The minimum atomic E-state index is -3.44. The zero-order valence-electron chi connectivity index (χ0n) is 12.0. The predicted octanol–water partition coefficient (Wildman–Crippen LogP) is 1.35. The Morgan fingerprint density at radius 3 is 2.26 bits per heavy atom. The van der Waals surface area contributed by atoms with Gasteiger partial charge in [0.2, 0.25) is 10.0 Å². The van der Waals surface area contributed by atoms with Crippen LogP contribution in [0.2, 0.25) is 0 Å². The fraction of sp³-hybridized carbons (Fsp3) is 0.538. The summed E-state index contributed by atoms with van der Waals surface area (Å²) in [6.45, 7) is 5.32. The molecule has 0 fully saturated rings. The summed E-state index contributed by atoms with van der Waals surface area (Å²) in [5, 5.41) is 3.13. The van der Waals surface area contributed by atoms with Crippen LogP contribution in [0.4, 0.5) is 5.69 Å². The third-order valence-corrected chi connectivity index (χ3v) is 4.15. The van der Waals surface area contributed by atoms with E-state index in [1.807, 2.05) is 32.8 Å². The Kier molecular flexibility index (Phi) is 5.78. The van der Waals surface area contributed by atoms with Crippen LogP contribution >= 0.6 is 0 Å². The molecule has 108 valence electrons. The van der Waals surface area contributed by atoms with Gasteiger partial charge < -0.3 is 10.2 Å². The van der Waals surface area contributed by atoms with Crippen LogP contribution in [0.15, 0.2) is 29.2 Å². The molecule has 6 heteroatoms. The molecule has 0 radical (unpaired) electrons. The summed E-state index contributed by atoms with van der Waals surface area (Å²) < 4.78 is 27.0. The second-order valence-electron chi connectivity index (χ2n) is 4.84. The van der Waals surface area contributed by atoms with Crippen molar-refractivity contribution in [3.05, 3.63) is 24.3 Å². The molecule has 1 atom stereocenters. The lowest BCUT2D eigenvalue weighted by Crippen LogP contribution is -2.39. The van der Waals surface area contributed by atoms with Gasteiger partial charge >= 0.3 is 0 Å². The predicted molar refractivity (Wildman–Crippen MR) is 78.9 cm³/mol. The van der Waals surface area contributed by atoms with Crippen LogP contribution in [0.3, 0.4) is 0 Å². The molecular weight excluding hydrogens is 262 g/mol. The maximum absolute atomic E-state index is 12.1. The zero-order valence-corrected chi connectivity index (χ0v) is 12.8. The van der Waals surface area contributed by atoms with Crippen LogP contribution in [0.5, 0.6) is 0 Å². The summed E-state index contributed by atoms with van der Waals surface area (Å²) in [4.78, 5) is 2.24. The standard InChI is InChI=1S/C13H23N3O2S/c1-5-14-12-6-8-13(9-7-12)19(17,18)15-11(2)10-16(3)4/h6-9,11,14-15H,5,10H2,1-4H3. The highest BCUT2D eigenvalue weighted by atomic mass is 32.2. The minimum Gasteiger partial charge on any atom is -0.385 e. The first-order valence-electron chi connectivity index (χ1n) is 6.36. The Labute approximate surface area is 116 Å². The van der Waals surface area contributed by atoms with Crippen LogP contribution in [-0.4, -0.2) is 46.5 Å². The molecule has 0 spiro atoms. The summed E-state index contributed by atoms with van der Waals surface area (Å²) in [7, 11) is 0.384. The van der Waals surface area contributed by atoms with E-state index in [1.165, 1.54) is 0 Å². The summed E-state index contributed by atoms with van der Waals surface area (Å²) in [5.41, 5.74) is 0.919. The summed E-state index contributed by atoms with van der Waals surface area (Å²) >= 11 is 0. The van der Waals surface area contributed by atoms with Gasteiger partial charge in [0.05, 0.1) is 4.90 Å². The second kappa shape index (κ2) is 6.88. The molecule has 0 aliphatic rings. The van der Waals surface area contributed by atoms with E-state index in [4.69, 9.17) is 0 Å². The number of sulfonamides is 1. The van der Waals surface area contributed by atoms with Gasteiger partial charge in [-0.1, -0.05) is 0 Å². The van der Waals surface area contributed by atoms with Crippen molar-refractivity contribution in [2.75, 3.05) is 32.5 Å². The number of anilines is 1. The normalized spacial score (nSPS) is 13.5. The smallest absolute Gasteiger partial charge is 0.240 e. The van der Waals surface area contributed by atoms with Crippen LogP contribution in [0.25, 0.3) is 0 Å². The molecule has 1 aromatic rings. The molecule has 19 heavy (non-hydrogen) atoms. The number of hydrogen-bond acceptors (Lipinski definition) is 4. The number of benzene rings is 1. The van der Waals surface area contributed by atoms with Crippen molar-refractivity contribution in [3.8, 4) is 0 Å². The summed E-state index contributed by atoms with van der Waals surface area (Å²) in [6.07, 6.45) is 0. The Bertz CT molecular complexity index is 483. The van der Waals surface area contributed by atoms with Gasteiger partial charge in [-0.3, -0.25) is 0 Å². The molecule has 1 aromatic carbocycles. The largest absolute Gasteiger partial charge is 0.385 e. The second-order valence-corrected chi connectivity index (χ2v) is 6.55. The molecule has 0 bridgehead atoms. The van der Waals surface area contributed by atoms with E-state index in [-0.39, 0.29) is 6.04 Å². The molecule has 1 unspecified atom stereocenters. The van der Waals surface area contributed by atoms with Crippen LogP contribution < -0.4 is 10.0 Å². The first kappa shape index (κ1) is 15.9. The lowest BCUT2D eigenvalue weighted by Gasteiger charge is -2.18. The fourth-order valence-corrected chi connectivity index (χ4v) is 3.11. The third kappa shape index (κ3) is 5.18. The Balaban J connectivity index is 2.76. The molecular formula is C13H23N3O2S. The topological polar surface area (TPSA) is 61.4 Å². The lowest BCUT2D eigenvalue weighted by molar-refractivity contribution is 0.370. The number of nitrogens with zero attached hydrogens (tertiary/aromatic N) is 1. The first-order chi connectivity index (χ1) is 8.85. The van der Waals surface area contributed by atoms with Gasteiger partial charge in [0.15, 0.2) is 0 Å². The zero-order chi connectivity index (χ0) is 14.5. The van der Waals surface area contributed by atoms with E-state index in [9.17, 15) is 8.42 Å². The summed E-state index contributed by atoms with van der Waals surface area (Å²) in [5.74, 6) is 0. The first-order valence-corrected chi connectivity index (χ1v) is 7.84. The lowest BCUT2D eigenvalue weighted by atomic mass is 10.3. The van der Waals surface area contributed by atoms with Gasteiger partial charge in [-0.25, -0.2) is 13.1 Å². The Hall–Kier alpha value is -1.11. The van der Waals surface area contributed by atoms with E-state index in [0.717, 1.165) is 12.2 Å². The van der Waals surface area contributed by atoms with Crippen molar-refractivity contribution in [2.24, 2.45) is 0 Å². The maximum Gasteiger partial charge on any atom is 0.240 e. The molecule has 0 heterocycles. The third-order valence-electron chi connectivity index (χ3n) is 2.54. The maximum atomic E-state index is 12.1. The SMILES string of the molecule is CCNc1ccc(S(=O)(=O)NC(C)CN(C)C)cc1. The van der Waals surface area contributed by atoms with Crippen molar-refractivity contribution in [1.82, 2.24) is 9.62 Å². The molecule has 0 saturated heterocycles. The van der Waals surface area contributed by atoms with Crippen molar-refractivity contribution in [3.63, 3.8) is 0 Å². The highest BCUT2D eigenvalue weighted by Crippen LogP contribution is 2.14. The number of rotatable bonds is 7. The number of hydrogen-bond donors (Lipinski definition) is 2. The van der Waals surface area contributed by atoms with Crippen molar-refractivity contribution < 1.29 is 8.42 Å². The van der Waals surface area contributed by atoms with Crippen LogP contribution in [0, 0.1) is 0 Å². The highest BCUT2D eigenvalue weighted by molar-refractivity contribution is 7.89. The number of nitrogens with one attached hydrogen (secondary N) is 2. The minimum absolute atomic E-state index is 0.131. The van der Waals surface area contributed by atoms with E-state index in [1.54, 1.807) is 24.3 Å². The van der Waals surface area contributed by atoms with Crippen molar-refractivity contribution in [2.45, 2.75) is 24.8 Å². The highest BCUT2D eigenvalue weighted by Gasteiger charge is 2.17. The average Bonchev–Trinajstić information content (AvgIpc) is 2.28. The molecule has 2 N–H and O–H groups in total. The molecule has 5 nitrogen and oxygen atoms in total. The number of likely N-dealkylation sites (N-methyl/N-ethyl adjacent to an activating group) is 1. The van der Waals surface area contributed by atoms with E-state index in [0.29, 0.717) is 11.4 Å². The van der Waals surface area contributed by atoms with Crippen molar-refractivity contribution in [1.29, 1.82) is 0 Å². The van der Waals surface area contributed by atoms with Crippen LogP contribution in [0.1, 0.15) is 13.8 Å². The van der Waals surface area contributed by atoms with E-state index >= 15 is 0 Å². The van der Waals surface area contributed by atoms with Gasteiger partial charge in [0.25, 0.3) is 0 Å². The molecule has 0 aliphatic carbocycles. The molecule has 0 saturated carbocycles. The summed E-state index contributed by atoms with van der Waals surface area (Å²) in [6, 6.07) is 6.64. The van der Waals surface area contributed by atoms with Gasteiger partial charge in [-0.05, 0) is 52.2 Å². The van der Waals surface area contributed by atoms with E-state index < -0.39 is 10.0 Å². The van der Waals surface area contributed by atoms with E-state index in [2.05, 4.69) is 10.0 Å². The fourth-order valence-electron chi connectivity index (χ4n) is 1.87. The van der Waals surface area contributed by atoms with Gasteiger partial charge in [-0.15, -0.1) is 0 Å². The molecule has 1 rings (SSSR count). The van der Waals surface area contributed by atoms with Gasteiger partial charge in [0, 0.05) is 24.8 Å². The van der Waals surface area contributed by atoms with Crippen LogP contribution in [-0.2, 0) is 10.0 Å². The van der Waals surface area contributed by atoms with Crippen molar-refractivity contribution >= 4 is 15.7 Å². The monoisotopic (exact) mass is 285 g/mol. The Morgan fingerprint density at radius 2 is 1.79 bits per heavy atom. The quantitative estimate of drug-likeness (QED) is 0.794. The van der Waals surface area contributed by atoms with Gasteiger partial charge in [-0.2, -0.15) is 0 Å². The Morgan fingerprint density at radius 1 is 1.21 bits per heavy atom.